The lowest BCUT2D eigenvalue weighted by atomic mass is 9.62. The summed E-state index contributed by atoms with van der Waals surface area (Å²) in [5, 5.41) is 0. The Kier molecular flexibility index (Phi) is 5.34. The second kappa shape index (κ2) is 7.15. The highest BCUT2D eigenvalue weighted by Gasteiger charge is 2.76. The third kappa shape index (κ3) is 2.53. The molecule has 0 aliphatic carbocycles. The van der Waals surface area contributed by atoms with Crippen LogP contribution in [0, 0.1) is 5.92 Å². The van der Waals surface area contributed by atoms with Gasteiger partial charge in [0.05, 0.1) is 26.2 Å². The standard InChI is InChI=1S/C18H20O8/c1-5-25-13(19)12-14(20)26-18(15(21)23-3,16(22)24-4)17(12,2)11-9-7-6-8-10-11/h6-10,12H,5H2,1-4H3. The molecule has 2 atom stereocenters. The van der Waals surface area contributed by atoms with Gasteiger partial charge in [-0.25, -0.2) is 9.59 Å². The monoisotopic (exact) mass is 364 g/mol. The molecule has 0 saturated carbocycles. The first-order valence-corrected chi connectivity index (χ1v) is 7.93. The van der Waals surface area contributed by atoms with Gasteiger partial charge in [-0.05, 0) is 19.4 Å². The highest BCUT2D eigenvalue weighted by atomic mass is 16.6. The van der Waals surface area contributed by atoms with Gasteiger partial charge in [-0.15, -0.1) is 0 Å². The van der Waals surface area contributed by atoms with Gasteiger partial charge in [0.2, 0.25) is 0 Å². The van der Waals surface area contributed by atoms with Crippen molar-refractivity contribution in [1.82, 2.24) is 0 Å². The number of hydrogen-bond acceptors (Lipinski definition) is 8. The van der Waals surface area contributed by atoms with Crippen molar-refractivity contribution in [1.29, 1.82) is 0 Å². The van der Waals surface area contributed by atoms with E-state index in [2.05, 4.69) is 0 Å². The summed E-state index contributed by atoms with van der Waals surface area (Å²) in [5.74, 6) is -5.81. The summed E-state index contributed by atoms with van der Waals surface area (Å²) in [6.45, 7) is 2.99. The molecule has 1 saturated heterocycles. The highest BCUT2D eigenvalue weighted by molar-refractivity contribution is 6.14. The Labute approximate surface area is 150 Å². The molecular formula is C18H20O8. The van der Waals surface area contributed by atoms with Crippen molar-refractivity contribution in [3.63, 3.8) is 0 Å². The number of rotatable bonds is 5. The molecular weight excluding hydrogens is 344 g/mol. The lowest BCUT2D eigenvalue weighted by molar-refractivity contribution is -0.191. The van der Waals surface area contributed by atoms with Gasteiger partial charge >= 0.3 is 29.5 Å². The smallest absolute Gasteiger partial charge is 0.363 e. The number of ether oxygens (including phenoxy) is 4. The maximum atomic E-state index is 12.6. The molecule has 140 valence electrons. The molecule has 2 rings (SSSR count). The normalized spacial score (nSPS) is 23.7. The van der Waals surface area contributed by atoms with Gasteiger partial charge in [-0.1, -0.05) is 30.3 Å². The minimum Gasteiger partial charge on any atom is -0.466 e. The molecule has 2 unspecified atom stereocenters. The molecule has 0 aromatic heterocycles. The molecule has 0 radical (unpaired) electrons. The zero-order chi connectivity index (χ0) is 19.5. The Balaban J connectivity index is 2.82. The maximum absolute atomic E-state index is 12.6. The van der Waals surface area contributed by atoms with Crippen molar-refractivity contribution in [2.45, 2.75) is 24.9 Å². The number of methoxy groups -OCH3 is 2. The molecule has 1 aromatic rings. The van der Waals surface area contributed by atoms with Gasteiger partial charge in [0.15, 0.2) is 5.92 Å². The van der Waals surface area contributed by atoms with Crippen LogP contribution in [0.25, 0.3) is 0 Å². The summed E-state index contributed by atoms with van der Waals surface area (Å²) in [4.78, 5) is 50.4. The first-order valence-electron chi connectivity index (χ1n) is 7.93. The lowest BCUT2D eigenvalue weighted by Crippen LogP contribution is -2.62. The molecule has 8 heteroatoms. The molecule has 0 bridgehead atoms. The molecule has 0 spiro atoms. The van der Waals surface area contributed by atoms with Gasteiger partial charge in [0.25, 0.3) is 0 Å². The average molecular weight is 364 g/mol. The molecule has 1 aromatic carbocycles. The van der Waals surface area contributed by atoms with E-state index in [1.54, 1.807) is 37.3 Å². The second-order valence-electron chi connectivity index (χ2n) is 5.84. The Morgan fingerprint density at radius 1 is 1.08 bits per heavy atom. The Morgan fingerprint density at radius 2 is 1.62 bits per heavy atom. The fraction of sp³-hybridized carbons (Fsp3) is 0.444. The molecule has 1 fully saturated rings. The number of cyclic esters (lactones) is 1. The number of benzene rings is 1. The molecule has 0 N–H and O–H groups in total. The third-order valence-electron chi connectivity index (χ3n) is 4.64. The van der Waals surface area contributed by atoms with E-state index in [4.69, 9.17) is 18.9 Å². The van der Waals surface area contributed by atoms with Gasteiger partial charge in [-0.3, -0.25) is 9.59 Å². The summed E-state index contributed by atoms with van der Waals surface area (Å²) >= 11 is 0. The quantitative estimate of drug-likeness (QED) is 0.428. The lowest BCUT2D eigenvalue weighted by Gasteiger charge is -2.38. The third-order valence-corrected chi connectivity index (χ3v) is 4.64. The Hall–Kier alpha value is -2.90. The van der Waals surface area contributed by atoms with Crippen molar-refractivity contribution < 1.29 is 38.1 Å². The molecule has 26 heavy (non-hydrogen) atoms. The van der Waals surface area contributed by atoms with Crippen molar-refractivity contribution in [3.05, 3.63) is 35.9 Å². The molecule has 1 heterocycles. The van der Waals surface area contributed by atoms with E-state index in [0.29, 0.717) is 5.56 Å². The summed E-state index contributed by atoms with van der Waals surface area (Å²) < 4.78 is 19.7. The first kappa shape index (κ1) is 19.4. The Bertz CT molecular complexity index is 710. The number of carbonyl (C=O) groups excluding carboxylic acids is 4. The molecule has 0 amide bonds. The van der Waals surface area contributed by atoms with E-state index in [0.717, 1.165) is 14.2 Å². The van der Waals surface area contributed by atoms with Crippen LogP contribution in [0.1, 0.15) is 19.4 Å². The SMILES string of the molecule is CCOC(=O)C1C(=O)OC(C(=O)OC)(C(=O)OC)C1(C)c1ccccc1. The fourth-order valence-electron chi connectivity index (χ4n) is 3.34. The van der Waals surface area contributed by atoms with E-state index in [-0.39, 0.29) is 6.61 Å². The average Bonchev–Trinajstić information content (AvgIpc) is 2.90. The minimum atomic E-state index is -2.48. The number of esters is 4. The van der Waals surface area contributed by atoms with E-state index in [9.17, 15) is 19.2 Å². The predicted octanol–water partition coefficient (Wildman–Crippen LogP) is 0.765. The fourth-order valence-corrected chi connectivity index (χ4v) is 3.34. The van der Waals surface area contributed by atoms with Gasteiger partial charge in [0, 0.05) is 0 Å². The highest BCUT2D eigenvalue weighted by Crippen LogP contribution is 2.52. The predicted molar refractivity (Wildman–Crippen MR) is 86.8 cm³/mol. The largest absolute Gasteiger partial charge is 0.466 e. The van der Waals surface area contributed by atoms with Crippen LogP contribution in [0.4, 0.5) is 0 Å². The van der Waals surface area contributed by atoms with E-state index >= 15 is 0 Å². The van der Waals surface area contributed by atoms with Gasteiger partial charge in [0.1, 0.15) is 0 Å². The van der Waals surface area contributed by atoms with E-state index in [1.165, 1.54) is 6.92 Å². The first-order chi connectivity index (χ1) is 12.3. The van der Waals surface area contributed by atoms with Crippen LogP contribution >= 0.6 is 0 Å². The zero-order valence-electron chi connectivity index (χ0n) is 14.9. The molecule has 1 aliphatic heterocycles. The summed E-state index contributed by atoms with van der Waals surface area (Å²) in [5.41, 5.74) is -3.87. The zero-order valence-corrected chi connectivity index (χ0v) is 14.9. The topological polar surface area (TPSA) is 105 Å². The Morgan fingerprint density at radius 3 is 2.08 bits per heavy atom. The summed E-state index contributed by atoms with van der Waals surface area (Å²) in [6.07, 6.45) is 0. The summed E-state index contributed by atoms with van der Waals surface area (Å²) in [7, 11) is 2.09. The minimum absolute atomic E-state index is 0.0108. The van der Waals surface area contributed by atoms with E-state index < -0.39 is 40.8 Å². The van der Waals surface area contributed by atoms with Crippen molar-refractivity contribution in [2.75, 3.05) is 20.8 Å². The molecule has 8 nitrogen and oxygen atoms in total. The van der Waals surface area contributed by atoms with Crippen LogP contribution in [0.2, 0.25) is 0 Å². The van der Waals surface area contributed by atoms with Crippen LogP contribution in [-0.4, -0.2) is 50.3 Å². The van der Waals surface area contributed by atoms with Crippen molar-refractivity contribution >= 4 is 23.9 Å². The number of carbonyl (C=O) groups is 4. The molecule has 1 aliphatic rings. The van der Waals surface area contributed by atoms with Crippen molar-refractivity contribution in [2.24, 2.45) is 5.92 Å². The van der Waals surface area contributed by atoms with Crippen molar-refractivity contribution in [3.8, 4) is 0 Å². The second-order valence-corrected chi connectivity index (χ2v) is 5.84. The van der Waals surface area contributed by atoms with Crippen LogP contribution in [0.3, 0.4) is 0 Å². The van der Waals surface area contributed by atoms with Gasteiger partial charge in [-0.2, -0.15) is 0 Å². The number of hydrogen-bond donors (Lipinski definition) is 0. The van der Waals surface area contributed by atoms with Crippen LogP contribution < -0.4 is 0 Å². The summed E-state index contributed by atoms with van der Waals surface area (Å²) in [6, 6.07) is 8.15. The van der Waals surface area contributed by atoms with Crippen LogP contribution in [0.15, 0.2) is 30.3 Å². The maximum Gasteiger partial charge on any atom is 0.363 e. The van der Waals surface area contributed by atoms with Gasteiger partial charge < -0.3 is 18.9 Å². The van der Waals surface area contributed by atoms with Crippen LogP contribution in [-0.2, 0) is 43.5 Å². The van der Waals surface area contributed by atoms with E-state index in [1.807, 2.05) is 0 Å². The van der Waals surface area contributed by atoms with Crippen LogP contribution in [0.5, 0.6) is 0 Å².